The van der Waals surface area contributed by atoms with Crippen molar-refractivity contribution >= 4 is 29.7 Å². The highest BCUT2D eigenvalue weighted by Crippen LogP contribution is 2.51. The lowest BCUT2D eigenvalue weighted by atomic mass is 9.56. The summed E-state index contributed by atoms with van der Waals surface area (Å²) in [5, 5.41) is 5.56. The Morgan fingerprint density at radius 3 is 2.70 bits per heavy atom. The molecule has 2 atom stereocenters. The maximum atomic E-state index is 12.1. The molecular weight excluding hydrogens is 298 g/mol. The van der Waals surface area contributed by atoms with E-state index in [1.165, 1.54) is 11.3 Å². The normalized spacial score (nSPS) is 27.4. The average Bonchev–Trinajstić information content (AvgIpc) is 2.86. The van der Waals surface area contributed by atoms with Gasteiger partial charge in [0, 0.05) is 30.5 Å². The van der Waals surface area contributed by atoms with Crippen LogP contribution < -0.4 is 11.1 Å². The number of rotatable bonds is 4. The summed E-state index contributed by atoms with van der Waals surface area (Å²) in [6, 6.07) is 0.105. The van der Waals surface area contributed by atoms with Crippen molar-refractivity contribution in [2.75, 3.05) is 7.11 Å². The third-order valence-corrected chi connectivity index (χ3v) is 5.41. The number of thiazole rings is 1. The molecule has 0 spiro atoms. The first-order valence-electron chi connectivity index (χ1n) is 6.34. The minimum Gasteiger partial charge on any atom is -0.378 e. The molecule has 1 amide bonds. The summed E-state index contributed by atoms with van der Waals surface area (Å²) in [7, 11) is 1.72. The Morgan fingerprint density at radius 2 is 2.25 bits per heavy atom. The second-order valence-electron chi connectivity index (χ2n) is 5.72. The van der Waals surface area contributed by atoms with Crippen molar-refractivity contribution in [2.45, 2.75) is 45.4 Å². The van der Waals surface area contributed by atoms with Crippen LogP contribution >= 0.6 is 23.7 Å². The van der Waals surface area contributed by atoms with Gasteiger partial charge in [0.2, 0.25) is 0 Å². The van der Waals surface area contributed by atoms with Crippen molar-refractivity contribution in [3.05, 3.63) is 16.1 Å². The summed E-state index contributed by atoms with van der Waals surface area (Å²) >= 11 is 1.41. The van der Waals surface area contributed by atoms with Crippen molar-refractivity contribution in [2.24, 2.45) is 11.1 Å². The number of hydrogen-bond acceptors (Lipinski definition) is 5. The SMILES string of the molecule is COC1(C)CC(NC(=O)c2csc(CN)n2)C1(C)C.Cl. The van der Waals surface area contributed by atoms with Crippen LogP contribution in [-0.4, -0.2) is 29.6 Å². The molecule has 1 aromatic rings. The van der Waals surface area contributed by atoms with Gasteiger partial charge in [-0.2, -0.15) is 0 Å². The van der Waals surface area contributed by atoms with Crippen LogP contribution in [0.4, 0.5) is 0 Å². The molecule has 1 saturated carbocycles. The summed E-state index contributed by atoms with van der Waals surface area (Å²) in [5.41, 5.74) is 5.67. The molecular formula is C13H22ClN3O2S. The number of amides is 1. The molecule has 2 rings (SSSR count). The molecule has 1 aliphatic carbocycles. The van der Waals surface area contributed by atoms with E-state index in [-0.39, 0.29) is 35.4 Å². The number of methoxy groups -OCH3 is 1. The van der Waals surface area contributed by atoms with Crippen LogP contribution in [0.25, 0.3) is 0 Å². The summed E-state index contributed by atoms with van der Waals surface area (Å²) in [6.07, 6.45) is 0.816. The van der Waals surface area contributed by atoms with Crippen molar-refractivity contribution in [3.63, 3.8) is 0 Å². The standard InChI is InChI=1S/C13H21N3O2S.ClH/c1-12(2)9(5-13(12,3)18-4)16-11(17)8-7-19-10(6-14)15-8;/h7,9H,5-6,14H2,1-4H3,(H,16,17);1H. The molecule has 20 heavy (non-hydrogen) atoms. The second kappa shape index (κ2) is 5.97. The van der Waals surface area contributed by atoms with E-state index in [1.54, 1.807) is 12.5 Å². The highest BCUT2D eigenvalue weighted by molar-refractivity contribution is 7.09. The Kier molecular flexibility index (Phi) is 5.18. The zero-order chi connectivity index (χ0) is 14.3. The summed E-state index contributed by atoms with van der Waals surface area (Å²) in [4.78, 5) is 16.3. The Hall–Kier alpha value is -0.690. The maximum absolute atomic E-state index is 12.1. The lowest BCUT2D eigenvalue weighted by Gasteiger charge is -2.59. The topological polar surface area (TPSA) is 77.2 Å². The van der Waals surface area contributed by atoms with E-state index in [4.69, 9.17) is 10.5 Å². The third-order valence-electron chi connectivity index (χ3n) is 4.54. The quantitative estimate of drug-likeness (QED) is 0.889. The zero-order valence-electron chi connectivity index (χ0n) is 12.2. The van der Waals surface area contributed by atoms with Crippen LogP contribution in [0.3, 0.4) is 0 Å². The molecule has 7 heteroatoms. The molecule has 5 nitrogen and oxygen atoms in total. The van der Waals surface area contributed by atoms with Crippen LogP contribution in [0.5, 0.6) is 0 Å². The van der Waals surface area contributed by atoms with Gasteiger partial charge in [-0.25, -0.2) is 4.98 Å². The molecule has 114 valence electrons. The van der Waals surface area contributed by atoms with Crippen molar-refractivity contribution in [1.29, 1.82) is 0 Å². The largest absolute Gasteiger partial charge is 0.378 e. The fourth-order valence-electron chi connectivity index (χ4n) is 2.46. The lowest BCUT2D eigenvalue weighted by molar-refractivity contribution is -0.177. The van der Waals surface area contributed by atoms with E-state index in [9.17, 15) is 4.79 Å². The van der Waals surface area contributed by atoms with Crippen molar-refractivity contribution in [1.82, 2.24) is 10.3 Å². The van der Waals surface area contributed by atoms with E-state index < -0.39 is 0 Å². The van der Waals surface area contributed by atoms with Gasteiger partial charge in [0.15, 0.2) is 0 Å². The van der Waals surface area contributed by atoms with Gasteiger partial charge >= 0.3 is 0 Å². The molecule has 1 fully saturated rings. The van der Waals surface area contributed by atoms with Gasteiger partial charge in [-0.05, 0) is 13.3 Å². The fourth-order valence-corrected chi connectivity index (χ4v) is 3.12. The van der Waals surface area contributed by atoms with Gasteiger partial charge < -0.3 is 15.8 Å². The van der Waals surface area contributed by atoms with E-state index in [0.29, 0.717) is 12.2 Å². The maximum Gasteiger partial charge on any atom is 0.271 e. The van der Waals surface area contributed by atoms with Crippen LogP contribution in [0.2, 0.25) is 0 Å². The lowest BCUT2D eigenvalue weighted by Crippen LogP contribution is -2.68. The first-order chi connectivity index (χ1) is 8.84. The molecule has 1 aromatic heterocycles. The Morgan fingerprint density at radius 1 is 1.60 bits per heavy atom. The van der Waals surface area contributed by atoms with E-state index in [0.717, 1.165) is 11.4 Å². The zero-order valence-corrected chi connectivity index (χ0v) is 13.9. The molecule has 0 saturated heterocycles. The Balaban J connectivity index is 0.00000200. The number of carbonyl (C=O) groups excluding carboxylic acids is 1. The number of nitrogens with one attached hydrogen (secondary N) is 1. The summed E-state index contributed by atoms with van der Waals surface area (Å²) in [6.45, 7) is 6.66. The van der Waals surface area contributed by atoms with Crippen LogP contribution in [0.15, 0.2) is 5.38 Å². The number of aromatic nitrogens is 1. The predicted molar refractivity (Wildman–Crippen MR) is 82.3 cm³/mol. The second-order valence-corrected chi connectivity index (χ2v) is 6.66. The molecule has 1 aliphatic rings. The Labute approximate surface area is 129 Å². The smallest absolute Gasteiger partial charge is 0.271 e. The molecule has 2 unspecified atom stereocenters. The van der Waals surface area contributed by atoms with Crippen LogP contribution in [-0.2, 0) is 11.3 Å². The number of halogens is 1. The van der Waals surface area contributed by atoms with Gasteiger partial charge in [0.25, 0.3) is 5.91 Å². The minimum atomic E-state index is -0.185. The fraction of sp³-hybridized carbons (Fsp3) is 0.692. The van der Waals surface area contributed by atoms with E-state index in [1.807, 2.05) is 0 Å². The van der Waals surface area contributed by atoms with Crippen LogP contribution in [0, 0.1) is 5.41 Å². The van der Waals surface area contributed by atoms with Gasteiger partial charge in [0.1, 0.15) is 10.7 Å². The van der Waals surface area contributed by atoms with Gasteiger partial charge in [-0.3, -0.25) is 4.79 Å². The van der Waals surface area contributed by atoms with Gasteiger partial charge in [-0.15, -0.1) is 23.7 Å². The number of ether oxygens (including phenoxy) is 1. The first-order valence-corrected chi connectivity index (χ1v) is 7.22. The number of nitrogens with two attached hydrogens (primary N) is 1. The highest BCUT2D eigenvalue weighted by atomic mass is 35.5. The average molecular weight is 320 g/mol. The predicted octanol–water partition coefficient (Wildman–Crippen LogP) is 1.96. The summed E-state index contributed by atoms with van der Waals surface area (Å²) in [5.74, 6) is -0.132. The summed E-state index contributed by atoms with van der Waals surface area (Å²) < 4.78 is 5.55. The monoisotopic (exact) mass is 319 g/mol. The Bertz CT molecular complexity index is 492. The van der Waals surface area contributed by atoms with Gasteiger partial charge in [0.05, 0.1) is 5.60 Å². The number of carbonyl (C=O) groups is 1. The van der Waals surface area contributed by atoms with E-state index in [2.05, 4.69) is 31.1 Å². The van der Waals surface area contributed by atoms with E-state index >= 15 is 0 Å². The molecule has 0 aliphatic heterocycles. The number of nitrogens with zero attached hydrogens (tertiary/aromatic N) is 1. The molecule has 0 radical (unpaired) electrons. The molecule has 3 N–H and O–H groups in total. The van der Waals surface area contributed by atoms with Crippen molar-refractivity contribution < 1.29 is 9.53 Å². The molecule has 0 aromatic carbocycles. The van der Waals surface area contributed by atoms with Crippen LogP contribution in [0.1, 0.15) is 42.7 Å². The minimum absolute atomic E-state index is 0. The molecule has 0 bridgehead atoms. The van der Waals surface area contributed by atoms with Gasteiger partial charge in [-0.1, -0.05) is 13.8 Å². The van der Waals surface area contributed by atoms with Crippen molar-refractivity contribution in [3.8, 4) is 0 Å². The first kappa shape index (κ1) is 17.4. The highest BCUT2D eigenvalue weighted by Gasteiger charge is 2.58. The number of hydrogen-bond donors (Lipinski definition) is 2. The third kappa shape index (κ3) is 2.70. The molecule has 1 heterocycles.